The number of likely N-dealkylation sites (N-methyl/N-ethyl adjacent to an activating group) is 1. The number of amides is 1. The van der Waals surface area contributed by atoms with Crippen LogP contribution in [0.25, 0.3) is 0 Å². The predicted molar refractivity (Wildman–Crippen MR) is 55.5 cm³/mol. The molecule has 0 saturated heterocycles. The van der Waals surface area contributed by atoms with Gasteiger partial charge in [0, 0.05) is 6.54 Å². The van der Waals surface area contributed by atoms with Crippen molar-refractivity contribution in [2.75, 3.05) is 13.6 Å². The number of carboxylic acid groups (broad SMARTS) is 1. The Morgan fingerprint density at radius 1 is 1.47 bits per heavy atom. The summed E-state index contributed by atoms with van der Waals surface area (Å²) in [6.07, 6.45) is 4.73. The third-order valence-electron chi connectivity index (χ3n) is 2.87. The first-order valence-electron chi connectivity index (χ1n) is 5.33. The van der Waals surface area contributed by atoms with E-state index in [2.05, 4.69) is 10.6 Å². The minimum Gasteiger partial charge on any atom is -0.480 e. The van der Waals surface area contributed by atoms with Gasteiger partial charge >= 0.3 is 5.97 Å². The number of carbonyl (C=O) groups is 2. The number of aliphatic carboxylic acids is 1. The largest absolute Gasteiger partial charge is 0.480 e. The van der Waals surface area contributed by atoms with Crippen molar-refractivity contribution in [1.29, 1.82) is 0 Å². The van der Waals surface area contributed by atoms with Gasteiger partial charge in [0.2, 0.25) is 5.91 Å². The molecule has 5 heteroatoms. The fraction of sp³-hybridized carbons (Fsp3) is 0.800. The Labute approximate surface area is 89.2 Å². The zero-order valence-corrected chi connectivity index (χ0v) is 8.95. The lowest BCUT2D eigenvalue weighted by molar-refractivity contribution is -0.143. The lowest BCUT2D eigenvalue weighted by Crippen LogP contribution is -2.48. The van der Waals surface area contributed by atoms with E-state index in [0.29, 0.717) is 6.54 Å². The Morgan fingerprint density at radius 3 is 2.53 bits per heavy atom. The summed E-state index contributed by atoms with van der Waals surface area (Å²) in [5.41, 5.74) is 0. The molecule has 0 aliphatic heterocycles. The molecule has 3 N–H and O–H groups in total. The first-order chi connectivity index (χ1) is 7.15. The van der Waals surface area contributed by atoms with E-state index in [1.54, 1.807) is 0 Å². The first-order valence-corrected chi connectivity index (χ1v) is 5.33. The van der Waals surface area contributed by atoms with E-state index in [1.807, 2.05) is 0 Å². The first kappa shape index (κ1) is 12.0. The van der Waals surface area contributed by atoms with Crippen LogP contribution in [0.15, 0.2) is 0 Å². The molecule has 1 rings (SSSR count). The van der Waals surface area contributed by atoms with Gasteiger partial charge in [0.05, 0.1) is 0 Å². The van der Waals surface area contributed by atoms with Crippen molar-refractivity contribution in [3.8, 4) is 0 Å². The number of carboxylic acids is 1. The summed E-state index contributed by atoms with van der Waals surface area (Å²) in [6.45, 7) is 0.578. The molecular weight excluding hydrogens is 196 g/mol. The number of rotatable bonds is 6. The van der Waals surface area contributed by atoms with Crippen molar-refractivity contribution in [1.82, 2.24) is 10.6 Å². The quantitative estimate of drug-likeness (QED) is 0.542. The van der Waals surface area contributed by atoms with E-state index < -0.39 is 17.9 Å². The summed E-state index contributed by atoms with van der Waals surface area (Å²) in [7, 11) is 1.46. The van der Waals surface area contributed by atoms with E-state index in [0.717, 1.165) is 12.3 Å². The average molecular weight is 214 g/mol. The van der Waals surface area contributed by atoms with E-state index in [9.17, 15) is 9.59 Å². The normalized spacial score (nSPS) is 17.9. The van der Waals surface area contributed by atoms with Gasteiger partial charge in [-0.3, -0.25) is 10.1 Å². The molecule has 1 saturated carbocycles. The number of carbonyl (C=O) groups excluding carboxylic acids is 1. The van der Waals surface area contributed by atoms with Crippen molar-refractivity contribution in [3.63, 3.8) is 0 Å². The minimum atomic E-state index is -1.14. The zero-order chi connectivity index (χ0) is 11.3. The lowest BCUT2D eigenvalue weighted by atomic mass is 9.83. The third-order valence-corrected chi connectivity index (χ3v) is 2.87. The second-order valence-electron chi connectivity index (χ2n) is 3.94. The molecule has 0 spiro atoms. The van der Waals surface area contributed by atoms with Gasteiger partial charge < -0.3 is 10.4 Å². The summed E-state index contributed by atoms with van der Waals surface area (Å²) in [5.74, 6) is -0.869. The van der Waals surface area contributed by atoms with Gasteiger partial charge in [-0.25, -0.2) is 4.79 Å². The van der Waals surface area contributed by atoms with Crippen LogP contribution >= 0.6 is 0 Å². The highest BCUT2D eigenvalue weighted by Gasteiger charge is 2.24. The molecule has 1 aliphatic carbocycles. The van der Waals surface area contributed by atoms with Crippen LogP contribution < -0.4 is 10.6 Å². The molecule has 0 radical (unpaired) electrons. The number of hydrogen-bond acceptors (Lipinski definition) is 3. The molecule has 1 amide bonds. The van der Waals surface area contributed by atoms with Gasteiger partial charge in [0.15, 0.2) is 6.04 Å². The smallest absolute Gasteiger partial charge is 0.330 e. The topological polar surface area (TPSA) is 78.4 Å². The molecule has 0 aromatic rings. The second-order valence-corrected chi connectivity index (χ2v) is 3.94. The van der Waals surface area contributed by atoms with Gasteiger partial charge in [-0.2, -0.15) is 0 Å². The van der Waals surface area contributed by atoms with Crippen LogP contribution in [0.1, 0.15) is 25.7 Å². The lowest BCUT2D eigenvalue weighted by Gasteiger charge is -2.25. The van der Waals surface area contributed by atoms with Crippen molar-refractivity contribution >= 4 is 11.9 Å². The average Bonchev–Trinajstić information content (AvgIpc) is 2.09. The Kier molecular flexibility index (Phi) is 4.55. The highest BCUT2D eigenvalue weighted by molar-refractivity contribution is 6.01. The highest BCUT2D eigenvalue weighted by Crippen LogP contribution is 2.28. The maximum absolute atomic E-state index is 11.3. The molecule has 0 heterocycles. The fourth-order valence-corrected chi connectivity index (χ4v) is 1.65. The molecule has 0 bridgehead atoms. The van der Waals surface area contributed by atoms with Crippen LogP contribution in [0.3, 0.4) is 0 Å². The van der Waals surface area contributed by atoms with E-state index in [1.165, 1.54) is 26.3 Å². The van der Waals surface area contributed by atoms with E-state index in [-0.39, 0.29) is 0 Å². The molecule has 15 heavy (non-hydrogen) atoms. The molecule has 5 nitrogen and oxygen atoms in total. The predicted octanol–water partition coefficient (Wildman–Crippen LogP) is -0.0346. The van der Waals surface area contributed by atoms with Gasteiger partial charge in [-0.05, 0) is 19.4 Å². The molecule has 1 fully saturated rings. The van der Waals surface area contributed by atoms with Crippen LogP contribution in [0.4, 0.5) is 0 Å². The van der Waals surface area contributed by atoms with Crippen LogP contribution in [0, 0.1) is 5.92 Å². The molecule has 86 valence electrons. The molecule has 1 atom stereocenters. The third kappa shape index (κ3) is 3.51. The highest BCUT2D eigenvalue weighted by atomic mass is 16.4. The monoisotopic (exact) mass is 214 g/mol. The number of hydrogen-bond donors (Lipinski definition) is 3. The number of nitrogens with one attached hydrogen (secondary N) is 2. The van der Waals surface area contributed by atoms with Crippen LogP contribution in [0.2, 0.25) is 0 Å². The summed E-state index contributed by atoms with van der Waals surface area (Å²) in [5, 5.41) is 13.8. The summed E-state index contributed by atoms with van der Waals surface area (Å²) >= 11 is 0. The fourth-order valence-electron chi connectivity index (χ4n) is 1.65. The summed E-state index contributed by atoms with van der Waals surface area (Å²) in [4.78, 5) is 22.0. The Hall–Kier alpha value is -1.10. The van der Waals surface area contributed by atoms with Crippen LogP contribution in [-0.2, 0) is 9.59 Å². The molecule has 0 aromatic heterocycles. The van der Waals surface area contributed by atoms with Crippen LogP contribution in [0.5, 0.6) is 0 Å². The van der Waals surface area contributed by atoms with Crippen molar-refractivity contribution in [3.05, 3.63) is 0 Å². The van der Waals surface area contributed by atoms with Crippen molar-refractivity contribution in [2.24, 2.45) is 5.92 Å². The van der Waals surface area contributed by atoms with Gasteiger partial charge in [-0.1, -0.05) is 19.3 Å². The van der Waals surface area contributed by atoms with Crippen molar-refractivity contribution < 1.29 is 14.7 Å². The standard InChI is InChI=1S/C10H18N2O3/c1-11-8(10(14)15)9(13)12-6-5-7-3-2-4-7/h7-8,11H,2-6H2,1H3,(H,12,13)(H,14,15). The second kappa shape index (κ2) is 5.70. The Balaban J connectivity index is 2.18. The van der Waals surface area contributed by atoms with E-state index >= 15 is 0 Å². The van der Waals surface area contributed by atoms with Crippen LogP contribution in [-0.4, -0.2) is 36.6 Å². The Morgan fingerprint density at radius 2 is 2.13 bits per heavy atom. The minimum absolute atomic E-state index is 0.454. The molecular formula is C10H18N2O3. The summed E-state index contributed by atoms with van der Waals surface area (Å²) < 4.78 is 0. The molecule has 1 unspecified atom stereocenters. The summed E-state index contributed by atoms with van der Waals surface area (Å²) in [6, 6.07) is -1.13. The maximum atomic E-state index is 11.3. The van der Waals surface area contributed by atoms with Gasteiger partial charge in [0.1, 0.15) is 0 Å². The van der Waals surface area contributed by atoms with Gasteiger partial charge in [-0.15, -0.1) is 0 Å². The molecule has 1 aliphatic rings. The zero-order valence-electron chi connectivity index (χ0n) is 8.95. The Bertz CT molecular complexity index is 239. The maximum Gasteiger partial charge on any atom is 0.330 e. The van der Waals surface area contributed by atoms with E-state index in [4.69, 9.17) is 5.11 Å². The molecule has 0 aromatic carbocycles. The SMILES string of the molecule is CNC(C(=O)O)C(=O)NCCC1CCC1. The van der Waals surface area contributed by atoms with Crippen molar-refractivity contribution in [2.45, 2.75) is 31.7 Å². The van der Waals surface area contributed by atoms with Gasteiger partial charge in [0.25, 0.3) is 0 Å².